The van der Waals surface area contributed by atoms with Crippen LogP contribution in [0.3, 0.4) is 0 Å². The first-order valence-electron chi connectivity index (χ1n) is 10.2. The Labute approximate surface area is 194 Å². The Hall–Kier alpha value is -3.04. The van der Waals surface area contributed by atoms with Crippen LogP contribution in [0.25, 0.3) is 11.3 Å². The van der Waals surface area contributed by atoms with Crippen LogP contribution in [0.5, 0.6) is 5.75 Å². The van der Waals surface area contributed by atoms with E-state index in [1.54, 1.807) is 24.3 Å². The summed E-state index contributed by atoms with van der Waals surface area (Å²) in [4.78, 5) is 8.91. The van der Waals surface area contributed by atoms with E-state index in [1.807, 2.05) is 26.0 Å². The summed E-state index contributed by atoms with van der Waals surface area (Å²) < 4.78 is 42.0. The van der Waals surface area contributed by atoms with Crippen molar-refractivity contribution in [2.24, 2.45) is 5.92 Å². The molecule has 3 N–H and O–H groups in total. The van der Waals surface area contributed by atoms with Crippen LogP contribution in [0.4, 0.5) is 24.9 Å². The molecule has 0 amide bonds. The number of benzene rings is 2. The fourth-order valence-electron chi connectivity index (χ4n) is 2.99. The van der Waals surface area contributed by atoms with E-state index in [0.29, 0.717) is 28.6 Å². The number of nitrogens with zero attached hydrogens (tertiary/aromatic N) is 2. The van der Waals surface area contributed by atoms with Gasteiger partial charge in [0.15, 0.2) is 0 Å². The van der Waals surface area contributed by atoms with E-state index in [4.69, 9.17) is 11.6 Å². The maximum atomic E-state index is 12.6. The summed E-state index contributed by atoms with van der Waals surface area (Å²) in [6, 6.07) is 14.2. The van der Waals surface area contributed by atoms with Gasteiger partial charge in [-0.2, -0.15) is 4.98 Å². The number of ether oxygens (including phenoxy) is 1. The first-order valence-corrected chi connectivity index (χ1v) is 10.6. The minimum Gasteiger partial charge on any atom is -0.406 e. The zero-order valence-electron chi connectivity index (χ0n) is 18.0. The van der Waals surface area contributed by atoms with Crippen LogP contribution < -0.4 is 15.4 Å². The molecule has 2 aromatic carbocycles. The van der Waals surface area contributed by atoms with Crippen molar-refractivity contribution in [1.29, 1.82) is 0 Å². The second-order valence-corrected chi connectivity index (χ2v) is 8.13. The number of alkyl halides is 3. The molecule has 1 atom stereocenters. The molecular formula is C23H24ClF3N4O2. The molecule has 0 radical (unpaired) electrons. The third-order valence-electron chi connectivity index (χ3n) is 4.79. The van der Waals surface area contributed by atoms with Gasteiger partial charge in [-0.05, 0) is 35.7 Å². The van der Waals surface area contributed by atoms with Gasteiger partial charge in [-0.1, -0.05) is 49.7 Å². The second kappa shape index (κ2) is 10.7. The van der Waals surface area contributed by atoms with Gasteiger partial charge in [-0.25, -0.2) is 4.98 Å². The van der Waals surface area contributed by atoms with E-state index >= 15 is 0 Å². The van der Waals surface area contributed by atoms with Crippen molar-refractivity contribution in [3.8, 4) is 17.0 Å². The maximum absolute atomic E-state index is 12.6. The van der Waals surface area contributed by atoms with Gasteiger partial charge in [-0.3, -0.25) is 0 Å². The molecule has 0 saturated heterocycles. The summed E-state index contributed by atoms with van der Waals surface area (Å²) in [5, 5.41) is 16.6. The van der Waals surface area contributed by atoms with Crippen LogP contribution in [0.15, 0.2) is 54.6 Å². The summed E-state index contributed by atoms with van der Waals surface area (Å²) in [6.45, 7) is 4.19. The van der Waals surface area contributed by atoms with Crippen LogP contribution in [0, 0.1) is 5.92 Å². The number of hydrogen-bond acceptors (Lipinski definition) is 6. The molecule has 0 aliphatic rings. The summed E-state index contributed by atoms with van der Waals surface area (Å²) >= 11 is 5.93. The molecule has 3 rings (SSSR count). The fourth-order valence-corrected chi connectivity index (χ4v) is 3.11. The number of halogens is 4. The first-order chi connectivity index (χ1) is 15.6. The number of aliphatic hydroxyl groups is 1. The average Bonchev–Trinajstić information content (AvgIpc) is 2.76. The van der Waals surface area contributed by atoms with Gasteiger partial charge in [0, 0.05) is 23.2 Å². The van der Waals surface area contributed by atoms with Crippen LogP contribution in [-0.4, -0.2) is 34.1 Å². The van der Waals surface area contributed by atoms with Crippen LogP contribution in [-0.2, 0) is 6.54 Å². The van der Waals surface area contributed by atoms with E-state index < -0.39 is 6.36 Å². The van der Waals surface area contributed by atoms with Gasteiger partial charge >= 0.3 is 6.36 Å². The van der Waals surface area contributed by atoms with E-state index in [-0.39, 0.29) is 30.3 Å². The van der Waals surface area contributed by atoms with Crippen LogP contribution in [0.1, 0.15) is 19.4 Å². The highest BCUT2D eigenvalue weighted by atomic mass is 35.5. The zero-order chi connectivity index (χ0) is 24.0. The van der Waals surface area contributed by atoms with Crippen molar-refractivity contribution in [2.45, 2.75) is 32.8 Å². The van der Waals surface area contributed by atoms with Crippen molar-refractivity contribution >= 4 is 23.4 Å². The van der Waals surface area contributed by atoms with Crippen LogP contribution >= 0.6 is 11.6 Å². The number of nitrogens with one attached hydrogen (secondary N) is 2. The molecule has 6 nitrogen and oxygen atoms in total. The van der Waals surface area contributed by atoms with E-state index in [2.05, 4.69) is 25.3 Å². The predicted molar refractivity (Wildman–Crippen MR) is 122 cm³/mol. The number of anilines is 2. The topological polar surface area (TPSA) is 79.3 Å². The zero-order valence-corrected chi connectivity index (χ0v) is 18.8. The minimum atomic E-state index is -4.80. The third kappa shape index (κ3) is 7.50. The lowest BCUT2D eigenvalue weighted by Crippen LogP contribution is -2.30. The third-order valence-corrected chi connectivity index (χ3v) is 5.04. The molecule has 1 aromatic heterocycles. The summed E-state index contributed by atoms with van der Waals surface area (Å²) in [7, 11) is 0. The van der Waals surface area contributed by atoms with Crippen molar-refractivity contribution in [1.82, 2.24) is 9.97 Å². The van der Waals surface area contributed by atoms with Crippen molar-refractivity contribution in [3.05, 3.63) is 65.2 Å². The summed E-state index contributed by atoms with van der Waals surface area (Å²) in [5.41, 5.74) is 1.77. The second-order valence-electron chi connectivity index (χ2n) is 7.70. The molecule has 0 bridgehead atoms. The minimum absolute atomic E-state index is 0.0937. The molecule has 3 aromatic rings. The molecule has 10 heteroatoms. The fraction of sp³-hybridized carbons (Fsp3) is 0.304. The molecule has 176 valence electrons. The standard InChI is InChI=1S/C23H24ClF3N4O2/c1-14(2)20(13-32)30-22-29-19(16-4-3-5-18(10-16)33-23(25,26)27)11-21(31-22)28-12-15-6-8-17(24)9-7-15/h3-11,14,20,32H,12-13H2,1-2H3,(H2,28,29,30,31)/t20-/m0/s1. The molecule has 1 heterocycles. The van der Waals surface area contributed by atoms with Crippen molar-refractivity contribution < 1.29 is 23.0 Å². The van der Waals surface area contributed by atoms with Crippen molar-refractivity contribution in [3.63, 3.8) is 0 Å². The Balaban J connectivity index is 1.92. The first kappa shape index (κ1) is 24.6. The molecule has 33 heavy (non-hydrogen) atoms. The Kier molecular flexibility index (Phi) is 7.99. The normalized spacial score (nSPS) is 12.5. The lowest BCUT2D eigenvalue weighted by atomic mass is 10.1. The quantitative estimate of drug-likeness (QED) is 0.362. The molecule has 0 saturated carbocycles. The lowest BCUT2D eigenvalue weighted by Gasteiger charge is -2.21. The van der Waals surface area contributed by atoms with Gasteiger partial charge in [-0.15, -0.1) is 13.2 Å². The average molecular weight is 481 g/mol. The number of aliphatic hydroxyl groups excluding tert-OH is 1. The van der Waals surface area contributed by atoms with Gasteiger partial charge < -0.3 is 20.5 Å². The number of aromatic nitrogens is 2. The lowest BCUT2D eigenvalue weighted by molar-refractivity contribution is -0.274. The Morgan fingerprint density at radius 2 is 1.79 bits per heavy atom. The molecule has 0 fully saturated rings. The smallest absolute Gasteiger partial charge is 0.406 e. The number of hydrogen-bond donors (Lipinski definition) is 3. The highest BCUT2D eigenvalue weighted by Gasteiger charge is 2.31. The summed E-state index contributed by atoms with van der Waals surface area (Å²) in [6.07, 6.45) is -4.80. The Morgan fingerprint density at radius 3 is 2.42 bits per heavy atom. The van der Waals surface area contributed by atoms with E-state index in [9.17, 15) is 18.3 Å². The maximum Gasteiger partial charge on any atom is 0.573 e. The largest absolute Gasteiger partial charge is 0.573 e. The predicted octanol–water partition coefficient (Wildman–Crippen LogP) is 5.74. The van der Waals surface area contributed by atoms with Gasteiger partial charge in [0.05, 0.1) is 18.3 Å². The molecule has 0 spiro atoms. The van der Waals surface area contributed by atoms with Crippen LogP contribution in [0.2, 0.25) is 5.02 Å². The van der Waals surface area contributed by atoms with E-state index in [1.165, 1.54) is 18.2 Å². The number of rotatable bonds is 9. The Morgan fingerprint density at radius 1 is 1.06 bits per heavy atom. The van der Waals surface area contributed by atoms with Crippen molar-refractivity contribution in [2.75, 3.05) is 17.2 Å². The molecule has 0 unspecified atom stereocenters. The van der Waals surface area contributed by atoms with Gasteiger partial charge in [0.2, 0.25) is 5.95 Å². The monoisotopic (exact) mass is 480 g/mol. The molecule has 0 aliphatic heterocycles. The van der Waals surface area contributed by atoms with Gasteiger partial charge in [0.25, 0.3) is 0 Å². The van der Waals surface area contributed by atoms with Gasteiger partial charge in [0.1, 0.15) is 11.6 Å². The highest BCUT2D eigenvalue weighted by Crippen LogP contribution is 2.29. The molecule has 0 aliphatic carbocycles. The Bertz CT molecular complexity index is 1060. The highest BCUT2D eigenvalue weighted by molar-refractivity contribution is 6.30. The SMILES string of the molecule is CC(C)[C@H](CO)Nc1nc(NCc2ccc(Cl)cc2)cc(-c2cccc(OC(F)(F)F)c2)n1. The summed E-state index contributed by atoms with van der Waals surface area (Å²) in [5.74, 6) is 0.441. The molecular weight excluding hydrogens is 457 g/mol. The van der Waals surface area contributed by atoms with E-state index in [0.717, 1.165) is 5.56 Å².